The standard InChI is InChI=1S/C18H22N2O7/c1-4-12(2)17(18(23)26-3)19-15(21)11-27-16(22)9-8-13-6-5-7-14(10-13)20(24)25/h5-10,12,17H,4,11H2,1-3H3,(H,19,21)/b9-8+/t12-,17+/m1/s1. The summed E-state index contributed by atoms with van der Waals surface area (Å²) < 4.78 is 9.46. The summed E-state index contributed by atoms with van der Waals surface area (Å²) in [6.07, 6.45) is 3.04. The average molecular weight is 378 g/mol. The van der Waals surface area contributed by atoms with Crippen molar-refractivity contribution in [2.45, 2.75) is 26.3 Å². The number of esters is 2. The lowest BCUT2D eigenvalue weighted by Gasteiger charge is -2.21. The zero-order valence-electron chi connectivity index (χ0n) is 15.3. The number of nitro groups is 1. The molecule has 9 nitrogen and oxygen atoms in total. The van der Waals surface area contributed by atoms with Crippen molar-refractivity contribution in [1.82, 2.24) is 5.32 Å². The number of methoxy groups -OCH3 is 1. The van der Waals surface area contributed by atoms with Gasteiger partial charge in [0, 0.05) is 18.2 Å². The van der Waals surface area contributed by atoms with E-state index < -0.39 is 35.4 Å². The summed E-state index contributed by atoms with van der Waals surface area (Å²) in [5.74, 6) is -2.15. The van der Waals surface area contributed by atoms with E-state index in [0.29, 0.717) is 12.0 Å². The van der Waals surface area contributed by atoms with Crippen molar-refractivity contribution in [3.63, 3.8) is 0 Å². The minimum absolute atomic E-state index is 0.108. The van der Waals surface area contributed by atoms with Gasteiger partial charge in [-0.1, -0.05) is 32.4 Å². The topological polar surface area (TPSA) is 125 Å². The molecule has 1 aromatic carbocycles. The van der Waals surface area contributed by atoms with Crippen LogP contribution in [0.3, 0.4) is 0 Å². The predicted octanol–water partition coefficient (Wildman–Crippen LogP) is 1.86. The van der Waals surface area contributed by atoms with E-state index in [1.807, 2.05) is 6.92 Å². The first-order valence-electron chi connectivity index (χ1n) is 8.25. The highest BCUT2D eigenvalue weighted by Gasteiger charge is 2.26. The van der Waals surface area contributed by atoms with Crippen LogP contribution in [0.1, 0.15) is 25.8 Å². The fourth-order valence-electron chi connectivity index (χ4n) is 2.10. The third kappa shape index (κ3) is 7.27. The highest BCUT2D eigenvalue weighted by atomic mass is 16.6. The van der Waals surface area contributed by atoms with Gasteiger partial charge in [-0.15, -0.1) is 0 Å². The molecule has 0 unspecified atom stereocenters. The Morgan fingerprint density at radius 2 is 2.04 bits per heavy atom. The molecule has 1 rings (SSSR count). The maximum Gasteiger partial charge on any atom is 0.331 e. The van der Waals surface area contributed by atoms with Gasteiger partial charge in [0.1, 0.15) is 6.04 Å². The molecular formula is C18H22N2O7. The molecular weight excluding hydrogens is 356 g/mol. The third-order valence-electron chi connectivity index (χ3n) is 3.82. The van der Waals surface area contributed by atoms with Gasteiger partial charge in [0.2, 0.25) is 0 Å². The van der Waals surface area contributed by atoms with E-state index in [9.17, 15) is 24.5 Å². The minimum atomic E-state index is -0.827. The molecule has 1 N–H and O–H groups in total. The van der Waals surface area contributed by atoms with Gasteiger partial charge < -0.3 is 14.8 Å². The van der Waals surface area contributed by atoms with Gasteiger partial charge in [-0.3, -0.25) is 14.9 Å². The lowest BCUT2D eigenvalue weighted by molar-refractivity contribution is -0.384. The van der Waals surface area contributed by atoms with Crippen molar-refractivity contribution in [1.29, 1.82) is 0 Å². The smallest absolute Gasteiger partial charge is 0.331 e. The molecule has 0 aromatic heterocycles. The van der Waals surface area contributed by atoms with Crippen LogP contribution in [0.4, 0.5) is 5.69 Å². The van der Waals surface area contributed by atoms with Crippen molar-refractivity contribution in [2.75, 3.05) is 13.7 Å². The second-order valence-electron chi connectivity index (χ2n) is 5.75. The molecule has 0 aliphatic rings. The molecule has 1 aromatic rings. The highest BCUT2D eigenvalue weighted by molar-refractivity contribution is 5.90. The zero-order chi connectivity index (χ0) is 20.4. The largest absolute Gasteiger partial charge is 0.467 e. The number of nitrogens with zero attached hydrogens (tertiary/aromatic N) is 1. The van der Waals surface area contributed by atoms with Crippen molar-refractivity contribution < 1.29 is 28.8 Å². The minimum Gasteiger partial charge on any atom is -0.467 e. The number of ether oxygens (including phenoxy) is 2. The van der Waals surface area contributed by atoms with Gasteiger partial charge in [-0.2, -0.15) is 0 Å². The molecule has 0 aliphatic carbocycles. The quantitative estimate of drug-likeness (QED) is 0.301. The zero-order valence-corrected chi connectivity index (χ0v) is 15.3. The van der Waals surface area contributed by atoms with E-state index in [-0.39, 0.29) is 11.6 Å². The number of nitrogens with one attached hydrogen (secondary N) is 1. The van der Waals surface area contributed by atoms with Crippen molar-refractivity contribution in [3.8, 4) is 0 Å². The molecule has 0 bridgehead atoms. The van der Waals surface area contributed by atoms with E-state index in [1.165, 1.54) is 31.4 Å². The predicted molar refractivity (Wildman–Crippen MR) is 96.5 cm³/mol. The number of nitro benzene ring substituents is 1. The number of carbonyl (C=O) groups excluding carboxylic acids is 3. The van der Waals surface area contributed by atoms with Gasteiger partial charge in [-0.05, 0) is 17.6 Å². The second kappa shape index (κ2) is 10.7. The normalized spacial score (nSPS) is 12.9. The third-order valence-corrected chi connectivity index (χ3v) is 3.82. The number of non-ortho nitro benzene ring substituents is 1. The molecule has 27 heavy (non-hydrogen) atoms. The molecule has 0 saturated carbocycles. The first-order valence-corrected chi connectivity index (χ1v) is 8.25. The summed E-state index contributed by atoms with van der Waals surface area (Å²) in [4.78, 5) is 45.5. The Hall–Kier alpha value is -3.23. The summed E-state index contributed by atoms with van der Waals surface area (Å²) >= 11 is 0. The van der Waals surface area contributed by atoms with E-state index in [2.05, 4.69) is 10.1 Å². The van der Waals surface area contributed by atoms with Crippen molar-refractivity contribution in [3.05, 3.63) is 46.0 Å². The summed E-state index contributed by atoms with van der Waals surface area (Å²) in [5, 5.41) is 13.2. The average Bonchev–Trinajstić information content (AvgIpc) is 2.67. The van der Waals surface area contributed by atoms with Crippen LogP contribution in [0.15, 0.2) is 30.3 Å². The van der Waals surface area contributed by atoms with Crippen LogP contribution in [-0.2, 0) is 23.9 Å². The summed E-state index contributed by atoms with van der Waals surface area (Å²) in [5.41, 5.74) is 0.330. The molecule has 0 aliphatic heterocycles. The maximum absolute atomic E-state index is 11.9. The first-order chi connectivity index (χ1) is 12.8. The van der Waals surface area contributed by atoms with E-state index in [1.54, 1.807) is 13.0 Å². The van der Waals surface area contributed by atoms with Crippen LogP contribution in [0.25, 0.3) is 6.08 Å². The number of benzene rings is 1. The second-order valence-corrected chi connectivity index (χ2v) is 5.75. The molecule has 0 fully saturated rings. The van der Waals surface area contributed by atoms with Gasteiger partial charge in [0.25, 0.3) is 11.6 Å². The Morgan fingerprint density at radius 3 is 2.63 bits per heavy atom. The molecule has 0 spiro atoms. The molecule has 0 radical (unpaired) electrons. The summed E-state index contributed by atoms with van der Waals surface area (Å²) in [6.45, 7) is 3.09. The van der Waals surface area contributed by atoms with Gasteiger partial charge >= 0.3 is 11.9 Å². The van der Waals surface area contributed by atoms with Crippen LogP contribution in [0, 0.1) is 16.0 Å². The van der Waals surface area contributed by atoms with E-state index in [4.69, 9.17) is 4.74 Å². The highest BCUT2D eigenvalue weighted by Crippen LogP contribution is 2.14. The Kier molecular flexibility index (Phi) is 8.64. The number of hydrogen-bond donors (Lipinski definition) is 1. The van der Waals surface area contributed by atoms with E-state index in [0.717, 1.165) is 6.08 Å². The van der Waals surface area contributed by atoms with Crippen molar-refractivity contribution >= 4 is 29.6 Å². The lowest BCUT2D eigenvalue weighted by Crippen LogP contribution is -2.47. The van der Waals surface area contributed by atoms with Crippen LogP contribution in [-0.4, -0.2) is 42.5 Å². The van der Waals surface area contributed by atoms with Gasteiger partial charge in [0.05, 0.1) is 12.0 Å². The van der Waals surface area contributed by atoms with Crippen LogP contribution < -0.4 is 5.32 Å². The monoisotopic (exact) mass is 378 g/mol. The SMILES string of the molecule is CC[C@@H](C)[C@H](NC(=O)COC(=O)/C=C/c1cccc([N+](=O)[O-])c1)C(=O)OC. The van der Waals surface area contributed by atoms with Crippen molar-refractivity contribution in [2.24, 2.45) is 5.92 Å². The number of amides is 1. The van der Waals surface area contributed by atoms with E-state index >= 15 is 0 Å². The Balaban J connectivity index is 2.58. The molecule has 1 amide bonds. The van der Waals surface area contributed by atoms with Gasteiger partial charge in [0.15, 0.2) is 6.61 Å². The molecule has 9 heteroatoms. The summed E-state index contributed by atoms with van der Waals surface area (Å²) in [6, 6.07) is 4.86. The lowest BCUT2D eigenvalue weighted by atomic mass is 9.99. The van der Waals surface area contributed by atoms with Crippen LogP contribution >= 0.6 is 0 Å². The Bertz CT molecular complexity index is 730. The fraction of sp³-hybridized carbons (Fsp3) is 0.389. The molecule has 0 heterocycles. The molecule has 2 atom stereocenters. The number of hydrogen-bond acceptors (Lipinski definition) is 7. The Labute approximate surface area is 156 Å². The Morgan fingerprint density at radius 1 is 1.33 bits per heavy atom. The fourth-order valence-corrected chi connectivity index (χ4v) is 2.10. The first kappa shape index (κ1) is 21.8. The maximum atomic E-state index is 11.9. The van der Waals surface area contributed by atoms with Crippen LogP contribution in [0.2, 0.25) is 0 Å². The molecule has 146 valence electrons. The number of carbonyl (C=O) groups is 3. The summed E-state index contributed by atoms with van der Waals surface area (Å²) in [7, 11) is 1.22. The number of rotatable bonds is 9. The van der Waals surface area contributed by atoms with Crippen LogP contribution in [0.5, 0.6) is 0 Å². The van der Waals surface area contributed by atoms with Gasteiger partial charge in [-0.25, -0.2) is 9.59 Å². The molecule has 0 saturated heterocycles.